The van der Waals surface area contributed by atoms with Crippen LogP contribution in [-0.2, 0) is 41.6 Å². The largest absolute Gasteiger partial charge is 0.370 e. The first-order valence-corrected chi connectivity index (χ1v) is 21.1. The van der Waals surface area contributed by atoms with Gasteiger partial charge in [-0.25, -0.2) is 0 Å². The van der Waals surface area contributed by atoms with E-state index in [1.807, 2.05) is 48.5 Å². The number of rotatable bonds is 26. The maximum absolute atomic E-state index is 14.7. The predicted molar refractivity (Wildman–Crippen MR) is 248 cm³/mol. The Bertz CT molecular complexity index is 2360. The Balaban J connectivity index is 1.68. The molecule has 0 unspecified atom stereocenters. The van der Waals surface area contributed by atoms with Crippen molar-refractivity contribution in [2.75, 3.05) is 19.6 Å². The molecule has 0 radical (unpaired) electrons. The Morgan fingerprint density at radius 3 is 1.22 bits per heavy atom. The average molecular weight is 900 g/mol. The molecular weight excluding hydrogens is 839 g/mol. The Labute approximate surface area is 375 Å². The highest BCUT2D eigenvalue weighted by atomic mass is 16.2. The average Bonchev–Trinajstić information content (AvgIpc) is 3.86. The molecule has 65 heavy (non-hydrogen) atoms. The van der Waals surface area contributed by atoms with Gasteiger partial charge in [0.15, 0.2) is 17.9 Å². The van der Waals surface area contributed by atoms with Crippen LogP contribution in [0, 0.1) is 0 Å². The van der Waals surface area contributed by atoms with Crippen molar-refractivity contribution in [2.45, 2.75) is 88.5 Å². The Kier molecular flexibility index (Phi) is 18.9. The van der Waals surface area contributed by atoms with E-state index in [9.17, 15) is 28.8 Å². The Morgan fingerprint density at radius 1 is 0.492 bits per heavy atom. The lowest BCUT2D eigenvalue weighted by Gasteiger charge is -2.27. The van der Waals surface area contributed by atoms with E-state index in [0.29, 0.717) is 24.0 Å². The van der Waals surface area contributed by atoms with Crippen molar-refractivity contribution in [1.29, 1.82) is 0 Å². The van der Waals surface area contributed by atoms with Crippen molar-refractivity contribution >= 4 is 75.1 Å². The number of para-hydroxylation sites is 2. The van der Waals surface area contributed by atoms with Gasteiger partial charge in [0, 0.05) is 73.6 Å². The van der Waals surface area contributed by atoms with Crippen LogP contribution in [0.5, 0.6) is 0 Å². The van der Waals surface area contributed by atoms with Gasteiger partial charge in [-0.15, -0.1) is 0 Å². The summed E-state index contributed by atoms with van der Waals surface area (Å²) in [6.45, 7) is 1.72. The van der Waals surface area contributed by atoms with E-state index in [-0.39, 0.29) is 76.0 Å². The molecule has 0 saturated carbocycles. The first kappa shape index (κ1) is 49.8. The third-order valence-corrected chi connectivity index (χ3v) is 10.3. The molecule has 21 N–H and O–H groups in total. The first-order valence-electron chi connectivity index (χ1n) is 21.1. The van der Waals surface area contributed by atoms with E-state index in [1.165, 1.54) is 6.92 Å². The lowest BCUT2D eigenvalue weighted by Crippen LogP contribution is -2.59. The molecule has 2 heterocycles. The molecule has 0 aliphatic heterocycles. The number of aromatic amines is 2. The van der Waals surface area contributed by atoms with Crippen LogP contribution >= 0.6 is 0 Å². The summed E-state index contributed by atoms with van der Waals surface area (Å²) >= 11 is 0. The number of H-pyrrole nitrogens is 2. The number of nitrogens with two attached hydrogens (primary N) is 7. The molecule has 0 bridgehead atoms. The lowest BCUT2D eigenvalue weighted by molar-refractivity contribution is -0.135. The van der Waals surface area contributed by atoms with E-state index >= 15 is 0 Å². The summed E-state index contributed by atoms with van der Waals surface area (Å²) in [6.07, 6.45) is 4.41. The molecule has 2 aromatic carbocycles. The third-order valence-electron chi connectivity index (χ3n) is 10.3. The molecule has 0 fully saturated rings. The highest BCUT2D eigenvalue weighted by Crippen LogP contribution is 2.21. The molecule has 6 amide bonds. The van der Waals surface area contributed by atoms with Crippen LogP contribution in [0.4, 0.5) is 0 Å². The van der Waals surface area contributed by atoms with Crippen LogP contribution in [0.2, 0.25) is 0 Å². The van der Waals surface area contributed by atoms with E-state index in [1.54, 1.807) is 12.4 Å². The number of benzene rings is 2. The molecule has 350 valence electrons. The SMILES string of the molecule is CC(=O)N[C@@H](CCCN=C(N)N)C(=O)N[C@@H](CCCN=C(N)N)C(=O)N[C@@H](Cc1c[nH]c2ccccc12)C(=O)N[C@@H](Cc1c[nH]c2ccccc12)C(=O)N[C@@H](CCCN=C(N)N)C(N)=O. The van der Waals surface area contributed by atoms with Crippen LogP contribution < -0.4 is 66.7 Å². The summed E-state index contributed by atoms with van der Waals surface area (Å²) in [5, 5.41) is 15.2. The highest BCUT2D eigenvalue weighted by molar-refractivity contribution is 5.97. The number of aliphatic imine (C=N–C) groups is 3. The van der Waals surface area contributed by atoms with Crippen molar-refractivity contribution in [3.8, 4) is 0 Å². The van der Waals surface area contributed by atoms with Gasteiger partial charge in [0.1, 0.15) is 30.2 Å². The van der Waals surface area contributed by atoms with Gasteiger partial charge in [-0.1, -0.05) is 36.4 Å². The van der Waals surface area contributed by atoms with Crippen LogP contribution in [0.15, 0.2) is 75.9 Å². The van der Waals surface area contributed by atoms with Crippen LogP contribution in [-0.4, -0.2) is 113 Å². The highest BCUT2D eigenvalue weighted by Gasteiger charge is 2.33. The number of carbonyl (C=O) groups excluding carboxylic acids is 6. The smallest absolute Gasteiger partial charge is 0.243 e. The van der Waals surface area contributed by atoms with Crippen LogP contribution in [0.25, 0.3) is 21.8 Å². The molecule has 0 aliphatic carbocycles. The predicted octanol–water partition coefficient (Wildman–Crippen LogP) is -2.48. The van der Waals surface area contributed by atoms with E-state index < -0.39 is 65.7 Å². The molecule has 23 heteroatoms. The number of carbonyl (C=O) groups is 6. The summed E-state index contributed by atoms with van der Waals surface area (Å²) in [4.78, 5) is 99.9. The minimum atomic E-state index is -1.34. The molecule has 5 atom stereocenters. The van der Waals surface area contributed by atoms with Gasteiger partial charge < -0.3 is 76.7 Å². The van der Waals surface area contributed by atoms with Crippen LogP contribution in [0.1, 0.15) is 56.6 Å². The molecule has 0 saturated heterocycles. The molecule has 23 nitrogen and oxygen atoms in total. The zero-order chi connectivity index (χ0) is 47.5. The summed E-state index contributed by atoms with van der Waals surface area (Å²) < 4.78 is 0. The number of nitrogens with one attached hydrogen (secondary N) is 7. The van der Waals surface area contributed by atoms with E-state index in [0.717, 1.165) is 21.8 Å². The normalized spacial score (nSPS) is 13.2. The van der Waals surface area contributed by atoms with Gasteiger partial charge in [0.2, 0.25) is 35.4 Å². The van der Waals surface area contributed by atoms with Gasteiger partial charge in [-0.2, -0.15) is 0 Å². The number of primary amides is 1. The van der Waals surface area contributed by atoms with Gasteiger partial charge >= 0.3 is 0 Å². The van der Waals surface area contributed by atoms with Crippen molar-refractivity contribution < 1.29 is 28.8 Å². The zero-order valence-electron chi connectivity index (χ0n) is 36.3. The van der Waals surface area contributed by atoms with Crippen molar-refractivity contribution in [1.82, 2.24) is 36.6 Å². The fourth-order valence-electron chi connectivity index (χ4n) is 7.13. The fourth-order valence-corrected chi connectivity index (χ4v) is 7.13. The number of nitrogens with zero attached hydrogens (tertiary/aromatic N) is 3. The monoisotopic (exact) mass is 899 g/mol. The van der Waals surface area contributed by atoms with E-state index in [4.69, 9.17) is 40.1 Å². The van der Waals surface area contributed by atoms with Crippen molar-refractivity contribution in [3.05, 3.63) is 72.1 Å². The van der Waals surface area contributed by atoms with Gasteiger partial charge in [-0.05, 0) is 61.8 Å². The second-order valence-corrected chi connectivity index (χ2v) is 15.4. The summed E-state index contributed by atoms with van der Waals surface area (Å²) in [5.74, 6) is -4.65. The van der Waals surface area contributed by atoms with Crippen LogP contribution in [0.3, 0.4) is 0 Å². The molecule has 0 aliphatic rings. The lowest BCUT2D eigenvalue weighted by atomic mass is 10.0. The number of fused-ring (bicyclic) bond motifs is 2. The second kappa shape index (κ2) is 24.7. The minimum Gasteiger partial charge on any atom is -0.370 e. The zero-order valence-corrected chi connectivity index (χ0v) is 36.3. The van der Waals surface area contributed by atoms with Crippen molar-refractivity contribution in [2.24, 2.45) is 55.1 Å². The second-order valence-electron chi connectivity index (χ2n) is 15.4. The van der Waals surface area contributed by atoms with Crippen molar-refractivity contribution in [3.63, 3.8) is 0 Å². The van der Waals surface area contributed by atoms with Gasteiger partial charge in [0.25, 0.3) is 0 Å². The molecule has 2 aromatic heterocycles. The molecule has 4 aromatic rings. The minimum absolute atomic E-state index is 0.0137. The Hall–Kier alpha value is -7.85. The fraction of sp³-hybridized carbons (Fsp3) is 0.405. The summed E-state index contributed by atoms with van der Waals surface area (Å²) in [6, 6.07) is 8.66. The van der Waals surface area contributed by atoms with E-state index in [2.05, 4.69) is 51.5 Å². The third kappa shape index (κ3) is 16.1. The first-order chi connectivity index (χ1) is 31.0. The molecule has 4 rings (SSSR count). The number of hydrogen-bond acceptors (Lipinski definition) is 9. The summed E-state index contributed by atoms with van der Waals surface area (Å²) in [5.41, 5.74) is 41.4. The number of guanidine groups is 3. The topological polar surface area (TPSA) is 413 Å². The quantitative estimate of drug-likeness (QED) is 0.0177. The standard InChI is InChI=1S/C42H61N17O6/c1-23(60)55-31(14-7-17-51-41(46)47)36(62)57-32(15-8-18-52-42(48)49)37(63)58-34(20-25-22-54-29-12-5-3-10-27(25)29)39(65)59-33(19-24-21-53-28-11-4-2-9-26(24)28)38(64)56-30(35(43)61)13-6-16-50-40(44)45/h2-5,9-12,21-22,30-34,53-54H,6-8,13-20H2,1H3,(H2,43,61)(H,55,60)(H,56,64)(H,57,62)(H,58,63)(H,59,65)(H4,44,45,50)(H4,46,47,51)(H4,48,49,52)/t30-,31-,32-,33-,34-/m0/s1. The number of hydrogen-bond donors (Lipinski definition) is 14. The Morgan fingerprint density at radius 2 is 0.831 bits per heavy atom. The number of aromatic nitrogens is 2. The summed E-state index contributed by atoms with van der Waals surface area (Å²) in [7, 11) is 0. The number of amides is 6. The molecular formula is C42H61N17O6. The maximum atomic E-state index is 14.7. The maximum Gasteiger partial charge on any atom is 0.243 e. The molecule has 0 spiro atoms. The van der Waals surface area contributed by atoms with Gasteiger partial charge in [-0.3, -0.25) is 43.7 Å². The van der Waals surface area contributed by atoms with Gasteiger partial charge in [0.05, 0.1) is 0 Å².